The highest BCUT2D eigenvalue weighted by Gasteiger charge is 2.25. The van der Waals surface area contributed by atoms with Crippen LogP contribution in [0.1, 0.15) is 29.5 Å². The van der Waals surface area contributed by atoms with E-state index < -0.39 is 5.97 Å². The summed E-state index contributed by atoms with van der Waals surface area (Å²) in [6.45, 7) is 4.02. The van der Waals surface area contributed by atoms with Crippen LogP contribution in [0.2, 0.25) is 0 Å². The predicted octanol–water partition coefficient (Wildman–Crippen LogP) is 2.40. The van der Waals surface area contributed by atoms with Gasteiger partial charge in [-0.3, -0.25) is 0 Å². The SMILES string of the molecule is C[C@@H]1CCO[C@@H]1Cn1cc(Cn2c(C(=O)O)cc3ccccc32)nn1. The predicted molar refractivity (Wildman–Crippen MR) is 91.5 cm³/mol. The summed E-state index contributed by atoms with van der Waals surface area (Å²) in [5, 5.41) is 18.8. The number of carbonyl (C=O) groups is 1. The molecular formula is C18H20N4O3. The number of hydrogen-bond acceptors (Lipinski definition) is 4. The van der Waals surface area contributed by atoms with Crippen molar-refractivity contribution in [2.75, 3.05) is 6.61 Å². The van der Waals surface area contributed by atoms with Gasteiger partial charge in [-0.05, 0) is 24.5 Å². The molecule has 0 radical (unpaired) electrons. The van der Waals surface area contributed by atoms with Crippen LogP contribution in [-0.4, -0.2) is 43.3 Å². The number of para-hydroxylation sites is 1. The molecule has 25 heavy (non-hydrogen) atoms. The van der Waals surface area contributed by atoms with Gasteiger partial charge in [0.2, 0.25) is 0 Å². The third-order valence-electron chi connectivity index (χ3n) is 4.84. The van der Waals surface area contributed by atoms with Gasteiger partial charge in [0, 0.05) is 17.5 Å². The van der Waals surface area contributed by atoms with Crippen molar-refractivity contribution in [3.8, 4) is 0 Å². The molecule has 3 aromatic rings. The maximum Gasteiger partial charge on any atom is 0.352 e. The number of aromatic nitrogens is 4. The highest BCUT2D eigenvalue weighted by molar-refractivity contribution is 5.94. The number of aromatic carboxylic acids is 1. The zero-order chi connectivity index (χ0) is 17.4. The number of nitrogens with zero attached hydrogens (tertiary/aromatic N) is 4. The molecule has 7 nitrogen and oxygen atoms in total. The molecule has 0 aliphatic carbocycles. The molecule has 0 amide bonds. The van der Waals surface area contributed by atoms with E-state index in [0.29, 0.717) is 19.0 Å². The largest absolute Gasteiger partial charge is 0.477 e. The van der Waals surface area contributed by atoms with Crippen LogP contribution in [-0.2, 0) is 17.8 Å². The van der Waals surface area contributed by atoms with Crippen LogP contribution < -0.4 is 0 Å². The Hall–Kier alpha value is -2.67. The Morgan fingerprint density at radius 1 is 1.40 bits per heavy atom. The normalized spacial score (nSPS) is 20.4. The van der Waals surface area contributed by atoms with Gasteiger partial charge in [0.1, 0.15) is 11.4 Å². The van der Waals surface area contributed by atoms with Crippen molar-refractivity contribution in [1.82, 2.24) is 19.6 Å². The zero-order valence-electron chi connectivity index (χ0n) is 14.0. The number of carboxylic acid groups (broad SMARTS) is 1. The minimum atomic E-state index is -0.947. The van der Waals surface area contributed by atoms with Crippen molar-refractivity contribution < 1.29 is 14.6 Å². The summed E-state index contributed by atoms with van der Waals surface area (Å²) >= 11 is 0. The van der Waals surface area contributed by atoms with E-state index in [-0.39, 0.29) is 11.8 Å². The average Bonchev–Trinajstić information content (AvgIpc) is 3.29. The van der Waals surface area contributed by atoms with Gasteiger partial charge in [-0.15, -0.1) is 5.10 Å². The van der Waals surface area contributed by atoms with Crippen molar-refractivity contribution >= 4 is 16.9 Å². The Kier molecular flexibility index (Phi) is 4.01. The Bertz CT molecular complexity index is 914. The van der Waals surface area contributed by atoms with E-state index in [9.17, 15) is 9.90 Å². The topological polar surface area (TPSA) is 82.2 Å². The van der Waals surface area contributed by atoms with E-state index >= 15 is 0 Å². The Balaban J connectivity index is 1.59. The first-order valence-electron chi connectivity index (χ1n) is 8.44. The summed E-state index contributed by atoms with van der Waals surface area (Å²) in [6.07, 6.45) is 3.11. The van der Waals surface area contributed by atoms with Crippen molar-refractivity contribution in [1.29, 1.82) is 0 Å². The zero-order valence-corrected chi connectivity index (χ0v) is 14.0. The lowest BCUT2D eigenvalue weighted by Crippen LogP contribution is -2.21. The highest BCUT2D eigenvalue weighted by Crippen LogP contribution is 2.22. The van der Waals surface area contributed by atoms with E-state index in [2.05, 4.69) is 17.2 Å². The molecule has 1 aliphatic rings. The fourth-order valence-electron chi connectivity index (χ4n) is 3.39. The molecule has 0 spiro atoms. The van der Waals surface area contributed by atoms with Gasteiger partial charge in [-0.25, -0.2) is 9.48 Å². The molecule has 4 rings (SSSR count). The van der Waals surface area contributed by atoms with Crippen molar-refractivity contribution in [3.05, 3.63) is 47.9 Å². The molecule has 1 aromatic carbocycles. The molecule has 1 saturated heterocycles. The minimum absolute atomic E-state index is 0.163. The third-order valence-corrected chi connectivity index (χ3v) is 4.84. The molecule has 0 unspecified atom stereocenters. The van der Waals surface area contributed by atoms with Crippen LogP contribution in [0.3, 0.4) is 0 Å². The van der Waals surface area contributed by atoms with E-state index in [1.165, 1.54) is 0 Å². The van der Waals surface area contributed by atoms with Crippen LogP contribution in [0.25, 0.3) is 10.9 Å². The molecule has 3 heterocycles. The maximum atomic E-state index is 11.6. The van der Waals surface area contributed by atoms with Crippen LogP contribution in [0.15, 0.2) is 36.5 Å². The third kappa shape index (κ3) is 3.02. The fraction of sp³-hybridized carbons (Fsp3) is 0.389. The summed E-state index contributed by atoms with van der Waals surface area (Å²) < 4.78 is 9.27. The van der Waals surface area contributed by atoms with E-state index in [0.717, 1.165) is 29.6 Å². The molecule has 130 valence electrons. The van der Waals surface area contributed by atoms with Crippen molar-refractivity contribution in [3.63, 3.8) is 0 Å². The lowest BCUT2D eigenvalue weighted by Gasteiger charge is -2.13. The monoisotopic (exact) mass is 340 g/mol. The molecule has 0 saturated carbocycles. The molecule has 1 fully saturated rings. The lowest BCUT2D eigenvalue weighted by molar-refractivity contribution is 0.0686. The molecule has 2 aromatic heterocycles. The second-order valence-electron chi connectivity index (χ2n) is 6.59. The number of fused-ring (bicyclic) bond motifs is 1. The van der Waals surface area contributed by atoms with Crippen molar-refractivity contribution in [2.45, 2.75) is 32.5 Å². The second kappa shape index (κ2) is 6.33. The summed E-state index contributed by atoms with van der Waals surface area (Å²) in [5.74, 6) is -0.434. The minimum Gasteiger partial charge on any atom is -0.477 e. The van der Waals surface area contributed by atoms with E-state index in [1.54, 1.807) is 15.3 Å². The Labute approximate surface area is 144 Å². The van der Waals surface area contributed by atoms with Gasteiger partial charge in [0.25, 0.3) is 0 Å². The highest BCUT2D eigenvalue weighted by atomic mass is 16.5. The maximum absolute atomic E-state index is 11.6. The summed E-state index contributed by atoms with van der Waals surface area (Å²) in [7, 11) is 0. The quantitative estimate of drug-likeness (QED) is 0.771. The standard InChI is InChI=1S/C18H20N4O3/c1-12-6-7-25-17(12)11-21-9-14(19-20-21)10-22-15-5-3-2-4-13(15)8-16(22)18(23)24/h2-5,8-9,12,17H,6-7,10-11H2,1H3,(H,23,24)/t12-,17-/m1/s1. The van der Waals surface area contributed by atoms with Gasteiger partial charge in [-0.2, -0.15) is 0 Å². The summed E-state index contributed by atoms with van der Waals surface area (Å²) in [5.41, 5.74) is 1.86. The number of carboxylic acids is 1. The van der Waals surface area contributed by atoms with Gasteiger partial charge in [0.15, 0.2) is 0 Å². The Morgan fingerprint density at radius 2 is 2.24 bits per heavy atom. The van der Waals surface area contributed by atoms with Gasteiger partial charge >= 0.3 is 5.97 Å². The van der Waals surface area contributed by atoms with Crippen LogP contribution in [0, 0.1) is 5.92 Å². The number of rotatable bonds is 5. The number of hydrogen-bond donors (Lipinski definition) is 1. The van der Waals surface area contributed by atoms with Crippen LogP contribution in [0.5, 0.6) is 0 Å². The Morgan fingerprint density at radius 3 is 3.00 bits per heavy atom. The second-order valence-corrected chi connectivity index (χ2v) is 6.59. The van der Waals surface area contributed by atoms with Crippen LogP contribution >= 0.6 is 0 Å². The van der Waals surface area contributed by atoms with E-state index in [4.69, 9.17) is 4.74 Å². The average molecular weight is 340 g/mol. The van der Waals surface area contributed by atoms with Gasteiger partial charge in [0.05, 0.1) is 25.4 Å². The first-order chi connectivity index (χ1) is 12.1. The lowest BCUT2D eigenvalue weighted by atomic mass is 10.0. The molecule has 1 N–H and O–H groups in total. The molecule has 7 heteroatoms. The van der Waals surface area contributed by atoms with Gasteiger partial charge < -0.3 is 14.4 Å². The molecule has 0 bridgehead atoms. The summed E-state index contributed by atoms with van der Waals surface area (Å²) in [6, 6.07) is 9.32. The number of benzene rings is 1. The number of ether oxygens (including phenoxy) is 1. The fourth-order valence-corrected chi connectivity index (χ4v) is 3.39. The molecule has 1 aliphatic heterocycles. The smallest absolute Gasteiger partial charge is 0.352 e. The molecular weight excluding hydrogens is 320 g/mol. The van der Waals surface area contributed by atoms with E-state index in [1.807, 2.05) is 30.5 Å². The first-order valence-corrected chi connectivity index (χ1v) is 8.44. The van der Waals surface area contributed by atoms with Crippen molar-refractivity contribution in [2.24, 2.45) is 5.92 Å². The first kappa shape index (κ1) is 15.8. The van der Waals surface area contributed by atoms with Gasteiger partial charge in [-0.1, -0.05) is 30.3 Å². The molecule has 2 atom stereocenters. The summed E-state index contributed by atoms with van der Waals surface area (Å²) in [4.78, 5) is 11.6. The van der Waals surface area contributed by atoms with Crippen LogP contribution in [0.4, 0.5) is 0 Å².